The minimum absolute atomic E-state index is 0.742. The first kappa shape index (κ1) is 16.5. The monoisotopic (exact) mass is 279 g/mol. The average Bonchev–Trinajstić information content (AvgIpc) is 2.49. The van der Waals surface area contributed by atoms with E-state index in [1.165, 1.54) is 5.57 Å². The van der Waals surface area contributed by atoms with Crippen molar-refractivity contribution in [2.75, 3.05) is 41.0 Å². The Balaban J connectivity index is 2.62. The SMILES string of the molecule is COCCNCCC=C(C)c1cc(OC)ccc1OC. The van der Waals surface area contributed by atoms with Gasteiger partial charge in [0.15, 0.2) is 0 Å². The number of benzene rings is 1. The summed E-state index contributed by atoms with van der Waals surface area (Å²) in [5.41, 5.74) is 2.26. The lowest BCUT2D eigenvalue weighted by Gasteiger charge is -2.11. The molecule has 0 heterocycles. The molecule has 0 fully saturated rings. The summed E-state index contributed by atoms with van der Waals surface area (Å²) in [6, 6.07) is 5.84. The number of rotatable bonds is 9. The first-order valence-electron chi connectivity index (χ1n) is 6.81. The van der Waals surface area contributed by atoms with Crippen LogP contribution >= 0.6 is 0 Å². The summed E-state index contributed by atoms with van der Waals surface area (Å²) in [4.78, 5) is 0. The molecule has 4 heteroatoms. The van der Waals surface area contributed by atoms with Gasteiger partial charge in [-0.15, -0.1) is 0 Å². The molecular formula is C16H25NO3. The van der Waals surface area contributed by atoms with Gasteiger partial charge in [0.05, 0.1) is 20.8 Å². The zero-order valence-corrected chi connectivity index (χ0v) is 12.9. The fourth-order valence-corrected chi connectivity index (χ4v) is 1.92. The van der Waals surface area contributed by atoms with Crippen molar-refractivity contribution in [2.24, 2.45) is 0 Å². The number of nitrogens with one attached hydrogen (secondary N) is 1. The van der Waals surface area contributed by atoms with Gasteiger partial charge in [0.1, 0.15) is 11.5 Å². The van der Waals surface area contributed by atoms with Gasteiger partial charge in [0.2, 0.25) is 0 Å². The van der Waals surface area contributed by atoms with E-state index in [4.69, 9.17) is 14.2 Å². The fourth-order valence-electron chi connectivity index (χ4n) is 1.92. The highest BCUT2D eigenvalue weighted by molar-refractivity contribution is 5.70. The average molecular weight is 279 g/mol. The van der Waals surface area contributed by atoms with E-state index in [9.17, 15) is 0 Å². The van der Waals surface area contributed by atoms with Crippen LogP contribution in [0.5, 0.6) is 11.5 Å². The molecule has 0 aromatic heterocycles. The van der Waals surface area contributed by atoms with Crippen LogP contribution in [0.4, 0.5) is 0 Å². The van der Waals surface area contributed by atoms with Gasteiger partial charge < -0.3 is 19.5 Å². The number of allylic oxidation sites excluding steroid dienone is 1. The maximum Gasteiger partial charge on any atom is 0.126 e. The van der Waals surface area contributed by atoms with Crippen molar-refractivity contribution in [3.63, 3.8) is 0 Å². The lowest BCUT2D eigenvalue weighted by molar-refractivity contribution is 0.199. The van der Waals surface area contributed by atoms with E-state index in [1.807, 2.05) is 18.2 Å². The van der Waals surface area contributed by atoms with Gasteiger partial charge >= 0.3 is 0 Å². The summed E-state index contributed by atoms with van der Waals surface area (Å²) in [5.74, 6) is 1.71. The van der Waals surface area contributed by atoms with Gasteiger partial charge in [0, 0.05) is 19.2 Å². The Morgan fingerprint density at radius 2 is 1.95 bits per heavy atom. The first-order valence-corrected chi connectivity index (χ1v) is 6.81. The molecule has 0 saturated heterocycles. The lowest BCUT2D eigenvalue weighted by atomic mass is 10.0. The zero-order chi connectivity index (χ0) is 14.8. The molecule has 20 heavy (non-hydrogen) atoms. The fraction of sp³-hybridized carbons (Fsp3) is 0.500. The third-order valence-electron chi connectivity index (χ3n) is 3.09. The van der Waals surface area contributed by atoms with Crippen LogP contribution in [0.1, 0.15) is 18.9 Å². The van der Waals surface area contributed by atoms with Crippen molar-refractivity contribution >= 4 is 5.57 Å². The molecule has 0 radical (unpaired) electrons. The molecule has 1 N–H and O–H groups in total. The molecule has 0 aliphatic heterocycles. The summed E-state index contributed by atoms with van der Waals surface area (Å²) >= 11 is 0. The van der Waals surface area contributed by atoms with Gasteiger partial charge in [0.25, 0.3) is 0 Å². The maximum absolute atomic E-state index is 5.40. The summed E-state index contributed by atoms with van der Waals surface area (Å²) in [6.07, 6.45) is 3.17. The molecule has 0 atom stereocenters. The molecule has 1 rings (SSSR count). The van der Waals surface area contributed by atoms with Crippen LogP contribution in [0, 0.1) is 0 Å². The third-order valence-corrected chi connectivity index (χ3v) is 3.09. The second kappa shape index (κ2) is 9.39. The van der Waals surface area contributed by atoms with E-state index in [0.29, 0.717) is 0 Å². The topological polar surface area (TPSA) is 39.7 Å². The maximum atomic E-state index is 5.40. The predicted molar refractivity (Wildman–Crippen MR) is 82.6 cm³/mol. The van der Waals surface area contributed by atoms with Crippen LogP contribution < -0.4 is 14.8 Å². The second-order valence-corrected chi connectivity index (χ2v) is 4.48. The highest BCUT2D eigenvalue weighted by Crippen LogP contribution is 2.29. The largest absolute Gasteiger partial charge is 0.497 e. The Hall–Kier alpha value is -1.52. The molecular weight excluding hydrogens is 254 g/mol. The highest BCUT2D eigenvalue weighted by Gasteiger charge is 2.06. The normalized spacial score (nSPS) is 11.5. The molecule has 1 aromatic carbocycles. The van der Waals surface area contributed by atoms with Gasteiger partial charge in [-0.2, -0.15) is 0 Å². The van der Waals surface area contributed by atoms with Crippen LogP contribution in [0.3, 0.4) is 0 Å². The molecule has 0 unspecified atom stereocenters. The van der Waals surface area contributed by atoms with Gasteiger partial charge in [-0.05, 0) is 43.7 Å². The Morgan fingerprint density at radius 1 is 1.15 bits per heavy atom. The minimum Gasteiger partial charge on any atom is -0.497 e. The number of hydrogen-bond donors (Lipinski definition) is 1. The molecule has 0 saturated carbocycles. The van der Waals surface area contributed by atoms with Crippen molar-refractivity contribution < 1.29 is 14.2 Å². The molecule has 4 nitrogen and oxygen atoms in total. The first-order chi connectivity index (χ1) is 9.72. The number of methoxy groups -OCH3 is 3. The summed E-state index contributed by atoms with van der Waals surface area (Å²) < 4.78 is 15.6. The van der Waals surface area contributed by atoms with E-state index in [1.54, 1.807) is 21.3 Å². The zero-order valence-electron chi connectivity index (χ0n) is 12.9. The van der Waals surface area contributed by atoms with Gasteiger partial charge in [-0.25, -0.2) is 0 Å². The second-order valence-electron chi connectivity index (χ2n) is 4.48. The van der Waals surface area contributed by atoms with Crippen molar-refractivity contribution in [3.05, 3.63) is 29.8 Å². The van der Waals surface area contributed by atoms with Crippen molar-refractivity contribution in [1.29, 1.82) is 0 Å². The highest BCUT2D eigenvalue weighted by atomic mass is 16.5. The van der Waals surface area contributed by atoms with Gasteiger partial charge in [-0.3, -0.25) is 0 Å². The van der Waals surface area contributed by atoms with E-state index in [-0.39, 0.29) is 0 Å². The van der Waals surface area contributed by atoms with Crippen LogP contribution in [-0.4, -0.2) is 41.0 Å². The summed E-state index contributed by atoms with van der Waals surface area (Å²) in [7, 11) is 5.07. The Morgan fingerprint density at radius 3 is 2.60 bits per heavy atom. The Bertz CT molecular complexity index is 430. The van der Waals surface area contributed by atoms with E-state index in [2.05, 4.69) is 18.3 Å². The van der Waals surface area contributed by atoms with Crippen molar-refractivity contribution in [3.8, 4) is 11.5 Å². The minimum atomic E-state index is 0.742. The van der Waals surface area contributed by atoms with Crippen molar-refractivity contribution in [1.82, 2.24) is 5.32 Å². The quantitative estimate of drug-likeness (QED) is 0.706. The van der Waals surface area contributed by atoms with Crippen LogP contribution in [0.15, 0.2) is 24.3 Å². The van der Waals surface area contributed by atoms with E-state index in [0.717, 1.165) is 43.2 Å². The Labute approximate surface area is 121 Å². The number of hydrogen-bond acceptors (Lipinski definition) is 4. The molecule has 0 amide bonds. The van der Waals surface area contributed by atoms with E-state index < -0.39 is 0 Å². The Kier molecular flexibility index (Phi) is 7.77. The molecule has 0 aliphatic carbocycles. The molecule has 0 aliphatic rings. The number of ether oxygens (including phenoxy) is 3. The predicted octanol–water partition coefficient (Wildman–Crippen LogP) is 2.73. The summed E-state index contributed by atoms with van der Waals surface area (Å²) in [5, 5.41) is 3.32. The van der Waals surface area contributed by atoms with Crippen LogP contribution in [0.25, 0.3) is 5.57 Å². The summed E-state index contributed by atoms with van der Waals surface area (Å²) in [6.45, 7) is 4.65. The van der Waals surface area contributed by atoms with Crippen LogP contribution in [-0.2, 0) is 4.74 Å². The standard InChI is InChI=1S/C16H25NO3/c1-13(6-5-9-17-10-11-18-2)15-12-14(19-3)7-8-16(15)20-4/h6-8,12,17H,5,9-11H2,1-4H3. The molecule has 1 aromatic rings. The molecule has 0 spiro atoms. The van der Waals surface area contributed by atoms with Gasteiger partial charge in [-0.1, -0.05) is 6.08 Å². The molecule has 112 valence electrons. The molecule has 0 bridgehead atoms. The smallest absolute Gasteiger partial charge is 0.126 e. The lowest BCUT2D eigenvalue weighted by Crippen LogP contribution is -2.19. The van der Waals surface area contributed by atoms with Crippen LogP contribution in [0.2, 0.25) is 0 Å². The van der Waals surface area contributed by atoms with Crippen molar-refractivity contribution in [2.45, 2.75) is 13.3 Å². The third kappa shape index (κ3) is 5.23. The van der Waals surface area contributed by atoms with E-state index >= 15 is 0 Å².